The number of carbonyl (C=O) groups is 1. The first-order chi connectivity index (χ1) is 8.13. The fourth-order valence-electron chi connectivity index (χ4n) is 1.55. The minimum Gasteiger partial charge on any atom is -0.383 e. The summed E-state index contributed by atoms with van der Waals surface area (Å²) < 4.78 is 0. The van der Waals surface area contributed by atoms with Gasteiger partial charge in [-0.3, -0.25) is 4.79 Å². The maximum absolute atomic E-state index is 11.7. The molecule has 0 unspecified atom stereocenters. The number of hydrogen-bond acceptors (Lipinski definition) is 2. The van der Waals surface area contributed by atoms with Gasteiger partial charge in [0.25, 0.3) is 0 Å². The Labute approximate surface area is 103 Å². The molecule has 0 N–H and O–H groups in total. The first-order valence-corrected chi connectivity index (χ1v) is 5.68. The lowest BCUT2D eigenvalue weighted by molar-refractivity contribution is -0.114. The third-order valence-electron chi connectivity index (χ3n) is 2.49. The molecule has 0 amide bonds. The van der Waals surface area contributed by atoms with Gasteiger partial charge in [-0.2, -0.15) is 0 Å². The molecular formula is C15H19NO. The van der Waals surface area contributed by atoms with Crippen LogP contribution in [-0.2, 0) is 4.79 Å². The SMILES string of the molecule is C=C[C@@H](CC(=O)/C=C/N(C)C)c1ccccc1. The summed E-state index contributed by atoms with van der Waals surface area (Å²) in [5.41, 5.74) is 1.13. The fraction of sp³-hybridized carbons (Fsp3) is 0.267. The number of benzene rings is 1. The van der Waals surface area contributed by atoms with Crippen LogP contribution in [0.2, 0.25) is 0 Å². The van der Waals surface area contributed by atoms with Crippen molar-refractivity contribution in [1.82, 2.24) is 4.90 Å². The van der Waals surface area contributed by atoms with Crippen LogP contribution < -0.4 is 0 Å². The predicted molar refractivity (Wildman–Crippen MR) is 71.8 cm³/mol. The molecule has 17 heavy (non-hydrogen) atoms. The van der Waals surface area contributed by atoms with Crippen molar-refractivity contribution in [2.24, 2.45) is 0 Å². The van der Waals surface area contributed by atoms with E-state index in [1.54, 1.807) is 12.3 Å². The molecule has 0 aliphatic heterocycles. The molecule has 2 nitrogen and oxygen atoms in total. The lowest BCUT2D eigenvalue weighted by Gasteiger charge is -2.11. The Morgan fingerprint density at radius 2 is 2.00 bits per heavy atom. The van der Waals surface area contributed by atoms with Gasteiger partial charge in [-0.1, -0.05) is 36.4 Å². The summed E-state index contributed by atoms with van der Waals surface area (Å²) in [6.45, 7) is 3.80. The van der Waals surface area contributed by atoms with Gasteiger partial charge in [-0.25, -0.2) is 0 Å². The largest absolute Gasteiger partial charge is 0.383 e. The number of hydrogen-bond donors (Lipinski definition) is 0. The van der Waals surface area contributed by atoms with E-state index in [0.29, 0.717) is 6.42 Å². The van der Waals surface area contributed by atoms with Gasteiger partial charge >= 0.3 is 0 Å². The second-order valence-corrected chi connectivity index (χ2v) is 4.20. The summed E-state index contributed by atoms with van der Waals surface area (Å²) in [6, 6.07) is 9.97. The molecule has 90 valence electrons. The first-order valence-electron chi connectivity index (χ1n) is 5.68. The first kappa shape index (κ1) is 13.2. The predicted octanol–water partition coefficient (Wildman–Crippen LogP) is 2.99. The van der Waals surface area contributed by atoms with Crippen molar-refractivity contribution in [2.45, 2.75) is 12.3 Å². The summed E-state index contributed by atoms with van der Waals surface area (Å²) in [6.07, 6.45) is 5.68. The smallest absolute Gasteiger partial charge is 0.158 e. The van der Waals surface area contributed by atoms with Crippen molar-refractivity contribution in [3.05, 3.63) is 60.8 Å². The van der Waals surface area contributed by atoms with Crippen molar-refractivity contribution in [3.63, 3.8) is 0 Å². The highest BCUT2D eigenvalue weighted by atomic mass is 16.1. The summed E-state index contributed by atoms with van der Waals surface area (Å²) in [7, 11) is 3.79. The third-order valence-corrected chi connectivity index (χ3v) is 2.49. The number of carbonyl (C=O) groups excluding carboxylic acids is 1. The van der Waals surface area contributed by atoms with Crippen LogP contribution >= 0.6 is 0 Å². The van der Waals surface area contributed by atoms with Crippen molar-refractivity contribution >= 4 is 5.78 Å². The van der Waals surface area contributed by atoms with Gasteiger partial charge in [0.15, 0.2) is 5.78 Å². The Kier molecular flexibility index (Phi) is 5.21. The second-order valence-electron chi connectivity index (χ2n) is 4.20. The number of nitrogens with zero attached hydrogens (tertiary/aromatic N) is 1. The molecule has 0 bridgehead atoms. The summed E-state index contributed by atoms with van der Waals surface area (Å²) >= 11 is 0. The van der Waals surface area contributed by atoms with E-state index in [1.807, 2.05) is 55.4 Å². The van der Waals surface area contributed by atoms with Crippen LogP contribution in [0.1, 0.15) is 17.9 Å². The van der Waals surface area contributed by atoms with Gasteiger partial charge in [0.1, 0.15) is 0 Å². The third kappa shape index (κ3) is 4.68. The van der Waals surface area contributed by atoms with Gasteiger partial charge in [-0.05, 0) is 11.6 Å². The van der Waals surface area contributed by atoms with Crippen LogP contribution in [0, 0.1) is 0 Å². The lowest BCUT2D eigenvalue weighted by atomic mass is 9.94. The van der Waals surface area contributed by atoms with Crippen LogP contribution in [0.4, 0.5) is 0 Å². The average Bonchev–Trinajstić information content (AvgIpc) is 2.34. The molecule has 0 saturated carbocycles. The standard InChI is InChI=1S/C15H19NO/c1-4-13(14-8-6-5-7-9-14)12-15(17)10-11-16(2)3/h4-11,13H,1,12H2,2-3H3/b11-10+/t13-/m0/s1. The molecule has 0 aliphatic rings. The van der Waals surface area contributed by atoms with Crippen molar-refractivity contribution in [3.8, 4) is 0 Å². The highest BCUT2D eigenvalue weighted by Crippen LogP contribution is 2.20. The molecule has 0 aromatic heterocycles. The minimum atomic E-state index is 0.0931. The van der Waals surface area contributed by atoms with E-state index in [0.717, 1.165) is 5.56 Å². The van der Waals surface area contributed by atoms with Gasteiger partial charge < -0.3 is 4.90 Å². The van der Waals surface area contributed by atoms with Crippen molar-refractivity contribution < 1.29 is 4.79 Å². The van der Waals surface area contributed by atoms with Gasteiger partial charge in [0.05, 0.1) is 0 Å². The zero-order valence-electron chi connectivity index (χ0n) is 10.5. The molecule has 0 saturated heterocycles. The van der Waals surface area contributed by atoms with Crippen LogP contribution in [0.3, 0.4) is 0 Å². The highest BCUT2D eigenvalue weighted by Gasteiger charge is 2.10. The van der Waals surface area contributed by atoms with E-state index in [9.17, 15) is 4.79 Å². The Bertz CT molecular complexity index is 393. The monoisotopic (exact) mass is 229 g/mol. The zero-order valence-corrected chi connectivity index (χ0v) is 10.5. The quantitative estimate of drug-likeness (QED) is 0.552. The summed E-state index contributed by atoms with van der Waals surface area (Å²) in [5.74, 6) is 0.211. The Morgan fingerprint density at radius 1 is 1.35 bits per heavy atom. The van der Waals surface area contributed by atoms with E-state index in [2.05, 4.69) is 6.58 Å². The van der Waals surface area contributed by atoms with E-state index < -0.39 is 0 Å². The second kappa shape index (κ2) is 6.69. The van der Waals surface area contributed by atoms with E-state index in [-0.39, 0.29) is 11.7 Å². The van der Waals surface area contributed by atoms with Gasteiger partial charge in [0.2, 0.25) is 0 Å². The van der Waals surface area contributed by atoms with E-state index >= 15 is 0 Å². The summed E-state index contributed by atoms with van der Waals surface area (Å²) in [5, 5.41) is 0. The molecule has 0 radical (unpaired) electrons. The average molecular weight is 229 g/mol. The molecule has 1 aromatic carbocycles. The van der Waals surface area contributed by atoms with E-state index in [4.69, 9.17) is 0 Å². The minimum absolute atomic E-state index is 0.0931. The number of allylic oxidation sites excluding steroid dienone is 2. The molecule has 0 heterocycles. The maximum atomic E-state index is 11.7. The molecule has 1 rings (SSSR count). The molecule has 0 spiro atoms. The van der Waals surface area contributed by atoms with Crippen LogP contribution in [-0.4, -0.2) is 24.8 Å². The normalized spacial score (nSPS) is 12.4. The van der Waals surface area contributed by atoms with Gasteiger partial charge in [-0.15, -0.1) is 6.58 Å². The van der Waals surface area contributed by atoms with Gasteiger partial charge in [0, 0.05) is 32.6 Å². The molecule has 1 atom stereocenters. The topological polar surface area (TPSA) is 20.3 Å². The number of rotatable bonds is 6. The zero-order chi connectivity index (χ0) is 12.7. The van der Waals surface area contributed by atoms with Crippen LogP contribution in [0.5, 0.6) is 0 Å². The van der Waals surface area contributed by atoms with Crippen molar-refractivity contribution in [2.75, 3.05) is 14.1 Å². The Hall–Kier alpha value is -1.83. The molecule has 2 heteroatoms. The summed E-state index contributed by atoms with van der Waals surface area (Å²) in [4.78, 5) is 13.6. The van der Waals surface area contributed by atoms with Crippen LogP contribution in [0.15, 0.2) is 55.3 Å². The molecule has 1 aromatic rings. The van der Waals surface area contributed by atoms with E-state index in [1.165, 1.54) is 0 Å². The fourth-order valence-corrected chi connectivity index (χ4v) is 1.55. The Balaban J connectivity index is 2.65. The maximum Gasteiger partial charge on any atom is 0.158 e. The lowest BCUT2D eigenvalue weighted by Crippen LogP contribution is -2.06. The highest BCUT2D eigenvalue weighted by molar-refractivity contribution is 5.90. The molecule has 0 aliphatic carbocycles. The number of ketones is 1. The molecule has 0 fully saturated rings. The van der Waals surface area contributed by atoms with Crippen LogP contribution in [0.25, 0.3) is 0 Å². The molecular weight excluding hydrogens is 210 g/mol. The van der Waals surface area contributed by atoms with Crippen molar-refractivity contribution in [1.29, 1.82) is 0 Å². The Morgan fingerprint density at radius 3 is 2.53 bits per heavy atom.